The van der Waals surface area contributed by atoms with Crippen LogP contribution in [-0.4, -0.2) is 9.58 Å². The lowest BCUT2D eigenvalue weighted by Crippen LogP contribution is -2.18. The van der Waals surface area contributed by atoms with Crippen LogP contribution in [0.1, 0.15) is 42.1 Å². The highest BCUT2D eigenvalue weighted by molar-refractivity contribution is 6.77. The van der Waals surface area contributed by atoms with E-state index in [9.17, 15) is 4.79 Å². The van der Waals surface area contributed by atoms with Crippen LogP contribution in [0.3, 0.4) is 0 Å². The van der Waals surface area contributed by atoms with E-state index in [1.807, 2.05) is 12.1 Å². The summed E-state index contributed by atoms with van der Waals surface area (Å²) in [6, 6.07) is 7.20. The number of alkyl halides is 3. The van der Waals surface area contributed by atoms with Crippen LogP contribution in [0.5, 0.6) is 0 Å². The van der Waals surface area contributed by atoms with E-state index >= 15 is 0 Å². The van der Waals surface area contributed by atoms with Crippen LogP contribution in [0.2, 0.25) is 0 Å². The molecule has 0 N–H and O–H groups in total. The number of carbonyl (C=O) groups is 1. The number of rotatable bonds is 3. The summed E-state index contributed by atoms with van der Waals surface area (Å²) in [6.45, 7) is 4.25. The largest absolute Gasteiger partial charge is 0.289 e. The van der Waals surface area contributed by atoms with Crippen LogP contribution in [0, 0.1) is 0 Å². The van der Waals surface area contributed by atoms with Crippen molar-refractivity contribution < 1.29 is 4.79 Å². The van der Waals surface area contributed by atoms with Crippen LogP contribution in [0.15, 0.2) is 24.3 Å². The van der Waals surface area contributed by atoms with E-state index in [1.54, 1.807) is 12.1 Å². The molecule has 0 aromatic heterocycles. The number of carbonyl (C=O) groups excluding carboxylic acids is 1. The Labute approximate surface area is 111 Å². The Hall–Kier alpha value is -0.240. The van der Waals surface area contributed by atoms with Crippen molar-refractivity contribution in [3.8, 4) is 0 Å². The molecule has 0 amide bonds. The fourth-order valence-corrected chi connectivity index (χ4v) is 1.69. The van der Waals surface area contributed by atoms with Gasteiger partial charge in [-0.25, -0.2) is 0 Å². The Morgan fingerprint density at radius 3 is 2.12 bits per heavy atom. The molecule has 0 saturated carbocycles. The molecule has 4 heteroatoms. The van der Waals surface area contributed by atoms with Crippen molar-refractivity contribution in [3.63, 3.8) is 0 Å². The van der Waals surface area contributed by atoms with E-state index in [2.05, 4.69) is 13.8 Å². The molecule has 0 bridgehead atoms. The van der Waals surface area contributed by atoms with Gasteiger partial charge in [-0.1, -0.05) is 72.9 Å². The maximum absolute atomic E-state index is 11.6. The van der Waals surface area contributed by atoms with Gasteiger partial charge in [-0.15, -0.1) is 0 Å². The molecule has 0 fully saturated rings. The van der Waals surface area contributed by atoms with Crippen LogP contribution >= 0.6 is 34.8 Å². The van der Waals surface area contributed by atoms with Gasteiger partial charge in [0.15, 0.2) is 0 Å². The molecule has 0 radical (unpaired) electrons. The Morgan fingerprint density at radius 1 is 1.25 bits per heavy atom. The van der Waals surface area contributed by atoms with Gasteiger partial charge in [-0.2, -0.15) is 0 Å². The molecule has 0 aliphatic rings. The van der Waals surface area contributed by atoms with Crippen molar-refractivity contribution in [3.05, 3.63) is 35.4 Å². The zero-order chi connectivity index (χ0) is 12.3. The van der Waals surface area contributed by atoms with Crippen molar-refractivity contribution >= 4 is 40.6 Å². The first-order chi connectivity index (χ1) is 7.36. The Balaban J connectivity index is 2.91. The highest BCUT2D eigenvalue weighted by Crippen LogP contribution is 2.31. The number of hydrogen-bond acceptors (Lipinski definition) is 1. The topological polar surface area (TPSA) is 17.1 Å². The maximum atomic E-state index is 11.6. The second-order valence-electron chi connectivity index (χ2n) is 3.76. The quantitative estimate of drug-likeness (QED) is 0.576. The predicted octanol–water partition coefficient (Wildman–Crippen LogP) is 4.75. The highest BCUT2D eigenvalue weighted by atomic mass is 35.6. The monoisotopic (exact) mass is 278 g/mol. The van der Waals surface area contributed by atoms with E-state index in [1.165, 1.54) is 5.56 Å². The Kier molecular flexibility index (Phi) is 4.66. The Bertz CT molecular complexity index is 365. The zero-order valence-corrected chi connectivity index (χ0v) is 11.4. The average molecular weight is 280 g/mol. The smallest absolute Gasteiger partial charge is 0.253 e. The van der Waals surface area contributed by atoms with E-state index < -0.39 is 9.58 Å². The molecule has 1 rings (SSSR count). The number of Topliss-reactive ketones (excluding diaryl/α,β-unsaturated/α-hetero) is 1. The summed E-state index contributed by atoms with van der Waals surface area (Å²) >= 11 is 16.6. The van der Waals surface area contributed by atoms with Gasteiger partial charge in [0.2, 0.25) is 5.78 Å². The molecule has 1 unspecified atom stereocenters. The lowest BCUT2D eigenvalue weighted by molar-refractivity contribution is 0.0996. The fraction of sp³-hybridized carbons (Fsp3) is 0.417. The van der Waals surface area contributed by atoms with E-state index in [-0.39, 0.29) is 0 Å². The lowest BCUT2D eigenvalue weighted by Gasteiger charge is -2.12. The number of benzene rings is 1. The van der Waals surface area contributed by atoms with E-state index in [0.29, 0.717) is 11.5 Å². The molecule has 0 heterocycles. The van der Waals surface area contributed by atoms with Crippen molar-refractivity contribution in [2.24, 2.45) is 0 Å². The molecule has 0 aliphatic carbocycles. The number of halogens is 3. The first-order valence-corrected chi connectivity index (χ1v) is 6.21. The molecule has 16 heavy (non-hydrogen) atoms. The lowest BCUT2D eigenvalue weighted by atomic mass is 9.97. The summed E-state index contributed by atoms with van der Waals surface area (Å²) in [5.41, 5.74) is 1.61. The molecular weight excluding hydrogens is 266 g/mol. The molecule has 1 nitrogen and oxygen atoms in total. The zero-order valence-electron chi connectivity index (χ0n) is 9.14. The van der Waals surface area contributed by atoms with Gasteiger partial charge in [0.1, 0.15) is 0 Å². The first kappa shape index (κ1) is 13.8. The van der Waals surface area contributed by atoms with Gasteiger partial charge in [-0.3, -0.25) is 4.79 Å². The summed E-state index contributed by atoms with van der Waals surface area (Å²) < 4.78 is -1.88. The van der Waals surface area contributed by atoms with E-state index in [4.69, 9.17) is 34.8 Å². The molecule has 0 aliphatic heterocycles. The molecule has 0 saturated heterocycles. The van der Waals surface area contributed by atoms with Gasteiger partial charge >= 0.3 is 0 Å². The van der Waals surface area contributed by atoms with Gasteiger partial charge in [0.05, 0.1) is 0 Å². The van der Waals surface area contributed by atoms with Crippen molar-refractivity contribution in [1.82, 2.24) is 0 Å². The SMILES string of the molecule is CCC(C)c1ccc(C(=O)C(Cl)(Cl)Cl)cc1. The Morgan fingerprint density at radius 2 is 1.75 bits per heavy atom. The third-order valence-electron chi connectivity index (χ3n) is 2.61. The van der Waals surface area contributed by atoms with Crippen LogP contribution in [0.4, 0.5) is 0 Å². The minimum atomic E-state index is -1.88. The molecule has 0 spiro atoms. The number of ketones is 1. The highest BCUT2D eigenvalue weighted by Gasteiger charge is 2.31. The minimum absolute atomic E-state index is 0.423. The summed E-state index contributed by atoms with van der Waals surface area (Å²) in [4.78, 5) is 11.6. The molecule has 1 aromatic rings. The minimum Gasteiger partial charge on any atom is -0.289 e. The molecule has 88 valence electrons. The summed E-state index contributed by atoms with van der Waals surface area (Å²) in [7, 11) is 0. The third kappa shape index (κ3) is 3.38. The van der Waals surface area contributed by atoms with Crippen LogP contribution in [0.25, 0.3) is 0 Å². The average Bonchev–Trinajstić information content (AvgIpc) is 2.26. The van der Waals surface area contributed by atoms with Crippen LogP contribution < -0.4 is 0 Å². The summed E-state index contributed by atoms with van der Waals surface area (Å²) in [5.74, 6) is -0.0230. The second kappa shape index (κ2) is 5.39. The first-order valence-electron chi connectivity index (χ1n) is 5.07. The summed E-state index contributed by atoms with van der Waals surface area (Å²) in [5, 5.41) is 0. The standard InChI is InChI=1S/C12H13Cl3O/c1-3-8(2)9-4-6-10(7-5-9)11(16)12(13,14)15/h4-8H,3H2,1-2H3. The molecule has 1 aromatic carbocycles. The normalized spacial score (nSPS) is 13.6. The molecule has 1 atom stereocenters. The van der Waals surface area contributed by atoms with Crippen LogP contribution in [-0.2, 0) is 0 Å². The second-order valence-corrected chi connectivity index (χ2v) is 6.04. The predicted molar refractivity (Wildman–Crippen MR) is 69.8 cm³/mol. The molecular formula is C12H13Cl3O. The number of hydrogen-bond donors (Lipinski definition) is 0. The fourth-order valence-electron chi connectivity index (χ4n) is 1.36. The van der Waals surface area contributed by atoms with Crippen molar-refractivity contribution in [2.45, 2.75) is 30.0 Å². The van der Waals surface area contributed by atoms with Gasteiger partial charge in [0.25, 0.3) is 3.79 Å². The maximum Gasteiger partial charge on any atom is 0.253 e. The van der Waals surface area contributed by atoms with Gasteiger partial charge in [0, 0.05) is 5.56 Å². The summed E-state index contributed by atoms with van der Waals surface area (Å²) in [6.07, 6.45) is 1.05. The third-order valence-corrected chi connectivity index (χ3v) is 3.13. The van der Waals surface area contributed by atoms with E-state index in [0.717, 1.165) is 6.42 Å². The van der Waals surface area contributed by atoms with Crippen molar-refractivity contribution in [2.75, 3.05) is 0 Å². The van der Waals surface area contributed by atoms with Gasteiger partial charge in [-0.05, 0) is 17.9 Å². The van der Waals surface area contributed by atoms with Crippen molar-refractivity contribution in [1.29, 1.82) is 0 Å². The van der Waals surface area contributed by atoms with Gasteiger partial charge < -0.3 is 0 Å².